The van der Waals surface area contributed by atoms with Crippen molar-refractivity contribution in [2.45, 2.75) is 52.9 Å². The Balaban J connectivity index is 2.00. The lowest BCUT2D eigenvalue weighted by Gasteiger charge is -2.18. The van der Waals surface area contributed by atoms with E-state index in [9.17, 15) is 5.11 Å². The lowest BCUT2D eigenvalue weighted by molar-refractivity contribution is 0.470. The van der Waals surface area contributed by atoms with Gasteiger partial charge in [0.25, 0.3) is 0 Å². The van der Waals surface area contributed by atoms with Crippen LogP contribution >= 0.6 is 0 Å². The van der Waals surface area contributed by atoms with Crippen molar-refractivity contribution in [2.75, 3.05) is 0 Å². The maximum absolute atomic E-state index is 10.5. The molecule has 0 spiro atoms. The van der Waals surface area contributed by atoms with Crippen molar-refractivity contribution >= 4 is 17.7 Å². The molecule has 1 N–H and O–H groups in total. The molecule has 0 bridgehead atoms. The van der Waals surface area contributed by atoms with E-state index in [4.69, 9.17) is 0 Å². The van der Waals surface area contributed by atoms with Crippen LogP contribution < -0.4 is 10.4 Å². The molecule has 2 aliphatic carbocycles. The van der Waals surface area contributed by atoms with Crippen LogP contribution in [0.15, 0.2) is 53.7 Å². The SMILES string of the molecule is C=c1c(O)cc(C2=CCCC=C2C)cc1=C(C)CC(C)C1=CC=CCC1. The number of rotatable bonds is 4. The summed E-state index contributed by atoms with van der Waals surface area (Å²) in [4.78, 5) is 0. The normalized spacial score (nSPS) is 19.4. The zero-order chi connectivity index (χ0) is 18.7. The number of aromatic hydroxyl groups is 1. The Morgan fingerprint density at radius 3 is 2.65 bits per heavy atom. The Morgan fingerprint density at radius 1 is 1.19 bits per heavy atom. The van der Waals surface area contributed by atoms with Crippen molar-refractivity contribution in [2.24, 2.45) is 5.92 Å². The molecule has 1 atom stereocenters. The molecule has 0 aliphatic heterocycles. The van der Waals surface area contributed by atoms with Crippen LogP contribution in [0.4, 0.5) is 0 Å². The molecule has 0 aromatic heterocycles. The van der Waals surface area contributed by atoms with Crippen LogP contribution in [0.5, 0.6) is 5.75 Å². The second kappa shape index (κ2) is 7.95. The van der Waals surface area contributed by atoms with Crippen LogP contribution in [0.3, 0.4) is 0 Å². The van der Waals surface area contributed by atoms with E-state index < -0.39 is 0 Å². The molecule has 26 heavy (non-hydrogen) atoms. The van der Waals surface area contributed by atoms with E-state index in [1.807, 2.05) is 6.07 Å². The molecular formula is C25H30O. The third kappa shape index (κ3) is 3.93. The predicted molar refractivity (Wildman–Crippen MR) is 113 cm³/mol. The fourth-order valence-corrected chi connectivity index (χ4v) is 4.07. The standard InChI is InChI=1S/C25H30O/c1-17-10-8-9-13-23(17)22-15-24(20(4)25(26)16-22)19(3)14-18(2)21-11-6-5-7-12-21/h5-6,10-11,13,15-16,18,26H,4,7-9,12,14H2,1-3H3. The lowest BCUT2D eigenvalue weighted by Crippen LogP contribution is -2.27. The highest BCUT2D eigenvalue weighted by molar-refractivity contribution is 5.80. The van der Waals surface area contributed by atoms with Crippen LogP contribution in [0, 0.1) is 5.92 Å². The van der Waals surface area contributed by atoms with Gasteiger partial charge in [-0.15, -0.1) is 0 Å². The molecule has 0 radical (unpaired) electrons. The van der Waals surface area contributed by atoms with Gasteiger partial charge in [-0.2, -0.15) is 0 Å². The maximum atomic E-state index is 10.5. The largest absolute Gasteiger partial charge is 0.507 e. The molecule has 1 aromatic carbocycles. The Hall–Kier alpha value is -2.28. The molecule has 0 saturated heterocycles. The summed E-state index contributed by atoms with van der Waals surface area (Å²) in [6.45, 7) is 10.8. The molecule has 1 aromatic rings. The summed E-state index contributed by atoms with van der Waals surface area (Å²) in [5.74, 6) is 0.810. The van der Waals surface area contributed by atoms with E-state index in [-0.39, 0.29) is 0 Å². The average Bonchev–Trinajstić information content (AvgIpc) is 2.65. The van der Waals surface area contributed by atoms with Gasteiger partial charge < -0.3 is 5.11 Å². The van der Waals surface area contributed by atoms with Gasteiger partial charge in [-0.05, 0) is 85.9 Å². The fourth-order valence-electron chi connectivity index (χ4n) is 4.07. The summed E-state index contributed by atoms with van der Waals surface area (Å²) >= 11 is 0. The summed E-state index contributed by atoms with van der Waals surface area (Å²) in [7, 11) is 0. The Bertz CT molecular complexity index is 922. The predicted octanol–water partition coefficient (Wildman–Crippen LogP) is 5.40. The third-order valence-electron chi connectivity index (χ3n) is 5.68. The minimum Gasteiger partial charge on any atom is -0.507 e. The second-order valence-electron chi connectivity index (χ2n) is 7.70. The molecule has 1 nitrogen and oxygen atoms in total. The van der Waals surface area contributed by atoms with E-state index in [2.05, 4.69) is 63.8 Å². The summed E-state index contributed by atoms with van der Waals surface area (Å²) in [5.41, 5.74) is 6.46. The molecule has 136 valence electrons. The van der Waals surface area contributed by atoms with Crippen LogP contribution in [-0.4, -0.2) is 5.11 Å². The topological polar surface area (TPSA) is 20.2 Å². The summed E-state index contributed by atoms with van der Waals surface area (Å²) in [6, 6.07) is 4.08. The molecule has 0 saturated carbocycles. The van der Waals surface area contributed by atoms with E-state index in [0.717, 1.165) is 48.1 Å². The monoisotopic (exact) mass is 346 g/mol. The molecule has 0 fully saturated rings. The molecule has 2 aliphatic rings. The smallest absolute Gasteiger partial charge is 0.123 e. The van der Waals surface area contributed by atoms with Crippen molar-refractivity contribution in [1.29, 1.82) is 0 Å². The number of allylic oxidation sites excluding steroid dienone is 8. The van der Waals surface area contributed by atoms with Crippen LogP contribution in [-0.2, 0) is 0 Å². The van der Waals surface area contributed by atoms with Crippen LogP contribution in [0.25, 0.3) is 17.7 Å². The van der Waals surface area contributed by atoms with Crippen molar-refractivity contribution < 1.29 is 5.11 Å². The van der Waals surface area contributed by atoms with Gasteiger partial charge in [-0.3, -0.25) is 0 Å². The first-order chi connectivity index (χ1) is 12.5. The highest BCUT2D eigenvalue weighted by Crippen LogP contribution is 2.29. The van der Waals surface area contributed by atoms with Crippen LogP contribution in [0.1, 0.15) is 58.4 Å². The highest BCUT2D eigenvalue weighted by atomic mass is 16.3. The third-order valence-corrected chi connectivity index (χ3v) is 5.68. The van der Waals surface area contributed by atoms with E-state index >= 15 is 0 Å². The van der Waals surface area contributed by atoms with Crippen molar-refractivity contribution in [3.05, 3.63) is 69.7 Å². The first-order valence-corrected chi connectivity index (χ1v) is 9.72. The van der Waals surface area contributed by atoms with Crippen LogP contribution in [0.2, 0.25) is 0 Å². The Kier molecular flexibility index (Phi) is 5.66. The zero-order valence-electron chi connectivity index (χ0n) is 16.3. The van der Waals surface area contributed by atoms with Gasteiger partial charge in [0.15, 0.2) is 0 Å². The van der Waals surface area contributed by atoms with Crippen molar-refractivity contribution in [3.8, 4) is 5.75 Å². The Morgan fingerprint density at radius 2 is 1.96 bits per heavy atom. The quantitative estimate of drug-likeness (QED) is 0.774. The number of phenols is 1. The van der Waals surface area contributed by atoms with E-state index in [1.165, 1.54) is 22.3 Å². The van der Waals surface area contributed by atoms with Crippen molar-refractivity contribution in [3.63, 3.8) is 0 Å². The van der Waals surface area contributed by atoms with Gasteiger partial charge in [-0.25, -0.2) is 0 Å². The molecular weight excluding hydrogens is 316 g/mol. The van der Waals surface area contributed by atoms with Gasteiger partial charge in [-0.1, -0.05) is 55.0 Å². The molecule has 3 rings (SSSR count). The number of benzene rings is 1. The highest BCUT2D eigenvalue weighted by Gasteiger charge is 2.13. The Labute approximate surface area is 157 Å². The maximum Gasteiger partial charge on any atom is 0.123 e. The fraction of sp³-hybridized carbons (Fsp3) is 0.360. The first kappa shape index (κ1) is 18.5. The molecule has 0 heterocycles. The first-order valence-electron chi connectivity index (χ1n) is 9.72. The van der Waals surface area contributed by atoms with Gasteiger partial charge in [0.2, 0.25) is 0 Å². The van der Waals surface area contributed by atoms with Gasteiger partial charge >= 0.3 is 0 Å². The zero-order valence-corrected chi connectivity index (χ0v) is 16.3. The molecule has 1 unspecified atom stereocenters. The molecule has 1 heteroatoms. The summed E-state index contributed by atoms with van der Waals surface area (Å²) in [6.07, 6.45) is 16.7. The number of hydrogen-bond acceptors (Lipinski definition) is 1. The van der Waals surface area contributed by atoms with Crippen molar-refractivity contribution in [1.82, 2.24) is 0 Å². The lowest BCUT2D eigenvalue weighted by atomic mass is 9.87. The van der Waals surface area contributed by atoms with Gasteiger partial charge in [0.1, 0.15) is 5.75 Å². The number of phenolic OH excluding ortho intramolecular Hbond substituents is 1. The minimum absolute atomic E-state index is 0.295. The van der Waals surface area contributed by atoms with E-state index in [0.29, 0.717) is 11.7 Å². The summed E-state index contributed by atoms with van der Waals surface area (Å²) < 4.78 is 0. The minimum atomic E-state index is 0.295. The number of hydrogen-bond donors (Lipinski definition) is 1. The van der Waals surface area contributed by atoms with Gasteiger partial charge in [0, 0.05) is 5.22 Å². The average molecular weight is 347 g/mol. The van der Waals surface area contributed by atoms with Gasteiger partial charge in [0.05, 0.1) is 0 Å². The second-order valence-corrected chi connectivity index (χ2v) is 7.70. The summed E-state index contributed by atoms with van der Waals surface area (Å²) in [5, 5.41) is 12.3. The van der Waals surface area contributed by atoms with E-state index in [1.54, 1.807) is 0 Å². The molecule has 0 amide bonds.